The molecule has 120 valence electrons. The highest BCUT2D eigenvalue weighted by Crippen LogP contribution is 2.29. The average Bonchev–Trinajstić information content (AvgIpc) is 3.17. The summed E-state index contributed by atoms with van der Waals surface area (Å²) in [4.78, 5) is 25.6. The first-order valence-corrected chi connectivity index (χ1v) is 8.85. The summed E-state index contributed by atoms with van der Waals surface area (Å²) in [6.07, 6.45) is 8.18. The number of nitrogens with one attached hydrogen (secondary N) is 1. The Bertz CT molecular complexity index is 849. The van der Waals surface area contributed by atoms with Crippen LogP contribution < -0.4 is 5.32 Å². The molecule has 0 saturated carbocycles. The van der Waals surface area contributed by atoms with Crippen LogP contribution in [0.4, 0.5) is 0 Å². The molecule has 1 atom stereocenters. The lowest BCUT2D eigenvalue weighted by molar-refractivity contribution is 0.0933. The number of pyridine rings is 1. The zero-order valence-corrected chi connectivity index (χ0v) is 13.8. The lowest BCUT2D eigenvalue weighted by atomic mass is 9.92. The van der Waals surface area contributed by atoms with Crippen LogP contribution in [0, 0.1) is 0 Å². The van der Waals surface area contributed by atoms with E-state index >= 15 is 0 Å². The lowest BCUT2D eigenvalue weighted by Gasteiger charge is -2.25. The van der Waals surface area contributed by atoms with Crippen LogP contribution in [0.1, 0.15) is 40.5 Å². The predicted octanol–water partition coefficient (Wildman–Crippen LogP) is 3.41. The van der Waals surface area contributed by atoms with Gasteiger partial charge < -0.3 is 5.32 Å². The highest BCUT2D eigenvalue weighted by molar-refractivity contribution is 7.08. The van der Waals surface area contributed by atoms with Crippen LogP contribution in [0.5, 0.6) is 0 Å². The number of carbonyl (C=O) groups is 1. The Morgan fingerprint density at radius 3 is 3.04 bits per heavy atom. The molecule has 0 spiro atoms. The Kier molecular flexibility index (Phi) is 4.04. The van der Waals surface area contributed by atoms with Crippen molar-refractivity contribution in [2.45, 2.75) is 25.3 Å². The molecule has 0 aromatic carbocycles. The molecule has 5 nitrogen and oxygen atoms in total. The molecule has 3 aromatic rings. The molecule has 6 heteroatoms. The quantitative estimate of drug-likeness (QED) is 0.796. The van der Waals surface area contributed by atoms with Crippen molar-refractivity contribution < 1.29 is 4.79 Å². The minimum Gasteiger partial charge on any atom is -0.345 e. The fourth-order valence-electron chi connectivity index (χ4n) is 2.97. The van der Waals surface area contributed by atoms with Crippen LogP contribution in [0.25, 0.3) is 11.4 Å². The van der Waals surface area contributed by atoms with E-state index in [0.29, 0.717) is 11.4 Å². The molecule has 3 heterocycles. The number of amides is 1. The van der Waals surface area contributed by atoms with Gasteiger partial charge in [0, 0.05) is 40.8 Å². The third-order valence-corrected chi connectivity index (χ3v) is 4.87. The first kappa shape index (κ1) is 15.0. The summed E-state index contributed by atoms with van der Waals surface area (Å²) in [5.41, 5.74) is 3.66. The highest BCUT2D eigenvalue weighted by Gasteiger charge is 2.24. The number of hydrogen-bond donors (Lipinski definition) is 1. The van der Waals surface area contributed by atoms with E-state index in [2.05, 4.69) is 15.3 Å². The van der Waals surface area contributed by atoms with Gasteiger partial charge >= 0.3 is 0 Å². The molecule has 0 fully saturated rings. The molecule has 1 amide bonds. The van der Waals surface area contributed by atoms with E-state index in [0.717, 1.165) is 36.1 Å². The SMILES string of the molecule is O=C(NC1CCCc2nc(-c3cccnc3)ncc21)c1ccsc1. The van der Waals surface area contributed by atoms with Crippen molar-refractivity contribution in [3.05, 3.63) is 64.4 Å². The summed E-state index contributed by atoms with van der Waals surface area (Å²) >= 11 is 1.52. The molecular weight excluding hydrogens is 320 g/mol. The Balaban J connectivity index is 1.60. The molecule has 1 unspecified atom stereocenters. The van der Waals surface area contributed by atoms with E-state index in [9.17, 15) is 4.79 Å². The first-order chi connectivity index (χ1) is 11.8. The monoisotopic (exact) mass is 336 g/mol. The van der Waals surface area contributed by atoms with Crippen molar-refractivity contribution in [3.8, 4) is 11.4 Å². The highest BCUT2D eigenvalue weighted by atomic mass is 32.1. The molecule has 0 aliphatic heterocycles. The largest absolute Gasteiger partial charge is 0.345 e. The van der Waals surface area contributed by atoms with Crippen molar-refractivity contribution in [3.63, 3.8) is 0 Å². The number of nitrogens with zero attached hydrogens (tertiary/aromatic N) is 3. The van der Waals surface area contributed by atoms with Gasteiger partial charge in [0.25, 0.3) is 5.91 Å². The molecule has 0 bridgehead atoms. The number of carbonyl (C=O) groups excluding carboxylic acids is 1. The van der Waals surface area contributed by atoms with Gasteiger partial charge in [0.15, 0.2) is 5.82 Å². The van der Waals surface area contributed by atoms with Gasteiger partial charge in [-0.05, 0) is 42.8 Å². The molecule has 1 N–H and O–H groups in total. The molecule has 3 aromatic heterocycles. The minimum absolute atomic E-state index is 0.0240. The maximum Gasteiger partial charge on any atom is 0.252 e. The number of aromatic nitrogens is 3. The Hall–Kier alpha value is -2.60. The van der Waals surface area contributed by atoms with Gasteiger partial charge in [-0.1, -0.05) is 0 Å². The number of fused-ring (bicyclic) bond motifs is 1. The van der Waals surface area contributed by atoms with E-state index in [1.54, 1.807) is 12.4 Å². The van der Waals surface area contributed by atoms with E-state index in [-0.39, 0.29) is 11.9 Å². The Labute approximate surface area is 143 Å². The van der Waals surface area contributed by atoms with Crippen molar-refractivity contribution in [1.82, 2.24) is 20.3 Å². The van der Waals surface area contributed by atoms with Gasteiger partial charge in [0.05, 0.1) is 11.6 Å². The van der Waals surface area contributed by atoms with E-state index in [1.165, 1.54) is 11.3 Å². The molecule has 0 saturated heterocycles. The van der Waals surface area contributed by atoms with Gasteiger partial charge in [-0.2, -0.15) is 11.3 Å². The van der Waals surface area contributed by atoms with Crippen LogP contribution in [-0.4, -0.2) is 20.9 Å². The fourth-order valence-corrected chi connectivity index (χ4v) is 3.60. The zero-order valence-electron chi connectivity index (χ0n) is 13.0. The maximum atomic E-state index is 12.3. The summed E-state index contributed by atoms with van der Waals surface area (Å²) in [6, 6.07) is 5.64. The molecule has 24 heavy (non-hydrogen) atoms. The van der Waals surface area contributed by atoms with Crippen LogP contribution in [0.3, 0.4) is 0 Å². The van der Waals surface area contributed by atoms with Crippen molar-refractivity contribution in [2.24, 2.45) is 0 Å². The van der Waals surface area contributed by atoms with Crippen molar-refractivity contribution in [1.29, 1.82) is 0 Å². The maximum absolute atomic E-state index is 12.3. The molecule has 4 rings (SSSR count). The van der Waals surface area contributed by atoms with Crippen LogP contribution >= 0.6 is 11.3 Å². The number of thiophene rings is 1. The van der Waals surface area contributed by atoms with Gasteiger partial charge in [-0.3, -0.25) is 9.78 Å². The van der Waals surface area contributed by atoms with Crippen LogP contribution in [0.2, 0.25) is 0 Å². The van der Waals surface area contributed by atoms with Gasteiger partial charge in [-0.15, -0.1) is 0 Å². The smallest absolute Gasteiger partial charge is 0.252 e. The topological polar surface area (TPSA) is 67.8 Å². The molecule has 1 aliphatic rings. The van der Waals surface area contributed by atoms with Gasteiger partial charge in [0.2, 0.25) is 0 Å². The summed E-state index contributed by atoms with van der Waals surface area (Å²) in [5.74, 6) is 0.650. The van der Waals surface area contributed by atoms with Crippen molar-refractivity contribution in [2.75, 3.05) is 0 Å². The summed E-state index contributed by atoms with van der Waals surface area (Å²) < 4.78 is 0. The lowest BCUT2D eigenvalue weighted by Crippen LogP contribution is -2.31. The third kappa shape index (κ3) is 2.92. The normalized spacial score (nSPS) is 16.4. The van der Waals surface area contributed by atoms with E-state index < -0.39 is 0 Å². The molecule has 0 radical (unpaired) electrons. The zero-order chi connectivity index (χ0) is 16.4. The second kappa shape index (κ2) is 6.49. The summed E-state index contributed by atoms with van der Waals surface area (Å²) in [6.45, 7) is 0. The minimum atomic E-state index is -0.0366. The summed E-state index contributed by atoms with van der Waals surface area (Å²) in [5, 5.41) is 6.88. The van der Waals surface area contributed by atoms with E-state index in [1.807, 2.05) is 35.2 Å². The number of aryl methyl sites for hydroxylation is 1. The summed E-state index contributed by atoms with van der Waals surface area (Å²) in [7, 11) is 0. The second-order valence-electron chi connectivity index (χ2n) is 5.77. The first-order valence-electron chi connectivity index (χ1n) is 7.90. The average molecular weight is 336 g/mol. The third-order valence-electron chi connectivity index (χ3n) is 4.19. The second-order valence-corrected chi connectivity index (χ2v) is 6.55. The molecule has 1 aliphatic carbocycles. The van der Waals surface area contributed by atoms with Crippen molar-refractivity contribution >= 4 is 17.2 Å². The van der Waals surface area contributed by atoms with Crippen LogP contribution in [-0.2, 0) is 6.42 Å². The van der Waals surface area contributed by atoms with Crippen LogP contribution in [0.15, 0.2) is 47.5 Å². The number of hydrogen-bond acceptors (Lipinski definition) is 5. The standard InChI is InChI=1S/C18H16N4OS/c23-18(13-6-8-24-11-13)22-16-5-1-4-15-14(16)10-20-17(21-15)12-3-2-7-19-9-12/h2-3,6-11,16H,1,4-5H2,(H,22,23). The van der Waals surface area contributed by atoms with Gasteiger partial charge in [0.1, 0.15) is 0 Å². The van der Waals surface area contributed by atoms with E-state index in [4.69, 9.17) is 4.98 Å². The Morgan fingerprint density at radius 2 is 2.25 bits per heavy atom. The molecular formula is C18H16N4OS. The number of rotatable bonds is 3. The fraction of sp³-hybridized carbons (Fsp3) is 0.222. The Morgan fingerprint density at radius 1 is 1.29 bits per heavy atom. The predicted molar refractivity (Wildman–Crippen MR) is 92.7 cm³/mol. The van der Waals surface area contributed by atoms with Gasteiger partial charge in [-0.25, -0.2) is 9.97 Å².